The molecule has 0 amide bonds. The minimum Gasteiger partial charge on any atom is -0.330 e. The number of rotatable bonds is 5. The molecule has 0 bridgehead atoms. The van der Waals surface area contributed by atoms with E-state index in [1.54, 1.807) is 7.05 Å². The van der Waals surface area contributed by atoms with Crippen molar-refractivity contribution in [3.63, 3.8) is 0 Å². The monoisotopic (exact) mass is 142 g/mol. The molecule has 58 valence electrons. The standard InChI is InChI=1S/C7H14N2O/c1-9-7(6-10)4-2-3-5-8/h6H,2-5,8H2,1H3. The fourth-order valence-electron chi connectivity index (χ4n) is 0.674. The van der Waals surface area contributed by atoms with E-state index in [4.69, 9.17) is 5.73 Å². The molecule has 0 aromatic carbocycles. The molecule has 10 heavy (non-hydrogen) atoms. The zero-order chi connectivity index (χ0) is 7.82. The van der Waals surface area contributed by atoms with Crippen LogP contribution in [0.1, 0.15) is 19.3 Å². The van der Waals surface area contributed by atoms with E-state index in [9.17, 15) is 4.79 Å². The van der Waals surface area contributed by atoms with Gasteiger partial charge in [0.2, 0.25) is 0 Å². The van der Waals surface area contributed by atoms with Crippen LogP contribution in [0.15, 0.2) is 4.99 Å². The highest BCUT2D eigenvalue weighted by Gasteiger charge is 1.93. The first kappa shape index (κ1) is 9.30. The Bertz CT molecular complexity index is 121. The summed E-state index contributed by atoms with van der Waals surface area (Å²) in [6, 6.07) is 0. The summed E-state index contributed by atoms with van der Waals surface area (Å²) in [5.41, 5.74) is 5.90. The molecule has 0 fully saturated rings. The van der Waals surface area contributed by atoms with E-state index in [1.807, 2.05) is 0 Å². The third-order valence-electron chi connectivity index (χ3n) is 1.31. The molecule has 2 N–H and O–H groups in total. The maximum atomic E-state index is 10.2. The largest absolute Gasteiger partial charge is 0.330 e. The zero-order valence-electron chi connectivity index (χ0n) is 6.34. The van der Waals surface area contributed by atoms with Crippen LogP contribution in [0.3, 0.4) is 0 Å². The third-order valence-corrected chi connectivity index (χ3v) is 1.31. The van der Waals surface area contributed by atoms with Gasteiger partial charge >= 0.3 is 0 Å². The molecule has 0 unspecified atom stereocenters. The van der Waals surface area contributed by atoms with E-state index in [0.29, 0.717) is 12.3 Å². The van der Waals surface area contributed by atoms with Crippen LogP contribution in [0.2, 0.25) is 0 Å². The summed E-state index contributed by atoms with van der Waals surface area (Å²) >= 11 is 0. The Kier molecular flexibility index (Phi) is 5.97. The van der Waals surface area contributed by atoms with Crippen molar-refractivity contribution in [2.75, 3.05) is 13.6 Å². The fraction of sp³-hybridized carbons (Fsp3) is 0.714. The predicted octanol–water partition coefficient (Wildman–Crippen LogP) is 0.385. The molecule has 0 aliphatic heterocycles. The second-order valence-corrected chi connectivity index (χ2v) is 2.08. The summed E-state index contributed by atoms with van der Waals surface area (Å²) in [4.78, 5) is 14.0. The quantitative estimate of drug-likeness (QED) is 0.343. The zero-order valence-corrected chi connectivity index (χ0v) is 6.34. The van der Waals surface area contributed by atoms with Crippen molar-refractivity contribution in [3.8, 4) is 0 Å². The second kappa shape index (κ2) is 6.42. The Morgan fingerprint density at radius 1 is 1.60 bits per heavy atom. The van der Waals surface area contributed by atoms with Gasteiger partial charge in [-0.1, -0.05) is 0 Å². The van der Waals surface area contributed by atoms with E-state index in [1.165, 1.54) is 0 Å². The topological polar surface area (TPSA) is 55.5 Å². The first-order valence-corrected chi connectivity index (χ1v) is 3.46. The SMILES string of the molecule is CN=C(C=O)CCCCN. The number of nitrogens with zero attached hydrogens (tertiary/aromatic N) is 1. The van der Waals surface area contributed by atoms with Crippen LogP contribution in [0.5, 0.6) is 0 Å². The molecular formula is C7H14N2O. The van der Waals surface area contributed by atoms with Gasteiger partial charge in [0.25, 0.3) is 0 Å². The Morgan fingerprint density at radius 2 is 2.30 bits per heavy atom. The maximum Gasteiger partial charge on any atom is 0.163 e. The highest BCUT2D eigenvalue weighted by atomic mass is 16.1. The summed E-state index contributed by atoms with van der Waals surface area (Å²) in [6.45, 7) is 0.690. The summed E-state index contributed by atoms with van der Waals surface area (Å²) in [7, 11) is 1.63. The number of aldehydes is 1. The Hall–Kier alpha value is -0.700. The Morgan fingerprint density at radius 3 is 2.70 bits per heavy atom. The lowest BCUT2D eigenvalue weighted by atomic mass is 10.2. The van der Waals surface area contributed by atoms with Crippen LogP contribution in [0, 0.1) is 0 Å². The van der Waals surface area contributed by atoms with Crippen LogP contribution in [-0.4, -0.2) is 25.6 Å². The molecule has 0 aromatic heterocycles. The molecule has 0 saturated heterocycles. The lowest BCUT2D eigenvalue weighted by molar-refractivity contribution is -0.102. The van der Waals surface area contributed by atoms with Gasteiger partial charge in [-0.2, -0.15) is 0 Å². The minimum atomic E-state index is 0.633. The molecule has 3 nitrogen and oxygen atoms in total. The van der Waals surface area contributed by atoms with E-state index in [0.717, 1.165) is 25.5 Å². The van der Waals surface area contributed by atoms with E-state index < -0.39 is 0 Å². The molecule has 0 saturated carbocycles. The van der Waals surface area contributed by atoms with Crippen molar-refractivity contribution in [2.45, 2.75) is 19.3 Å². The molecule has 0 aliphatic rings. The molecular weight excluding hydrogens is 128 g/mol. The van der Waals surface area contributed by atoms with Gasteiger partial charge in [0.05, 0.1) is 5.71 Å². The average Bonchev–Trinajstić information content (AvgIpc) is 1.99. The van der Waals surface area contributed by atoms with Gasteiger partial charge in [-0.15, -0.1) is 0 Å². The van der Waals surface area contributed by atoms with Crippen molar-refractivity contribution < 1.29 is 4.79 Å². The second-order valence-electron chi connectivity index (χ2n) is 2.08. The summed E-state index contributed by atoms with van der Waals surface area (Å²) < 4.78 is 0. The average molecular weight is 142 g/mol. The Balaban J connectivity index is 3.36. The van der Waals surface area contributed by atoms with Crippen molar-refractivity contribution >= 4 is 12.0 Å². The molecule has 0 spiro atoms. The maximum absolute atomic E-state index is 10.2. The van der Waals surface area contributed by atoms with Crippen LogP contribution < -0.4 is 5.73 Å². The van der Waals surface area contributed by atoms with Gasteiger partial charge in [-0.25, -0.2) is 0 Å². The van der Waals surface area contributed by atoms with Crippen LogP contribution in [0.4, 0.5) is 0 Å². The minimum absolute atomic E-state index is 0.633. The van der Waals surface area contributed by atoms with Crippen LogP contribution in [0.25, 0.3) is 0 Å². The summed E-state index contributed by atoms with van der Waals surface area (Å²) in [6.07, 6.45) is 3.49. The van der Waals surface area contributed by atoms with E-state index in [2.05, 4.69) is 4.99 Å². The van der Waals surface area contributed by atoms with Gasteiger partial charge < -0.3 is 5.73 Å². The van der Waals surface area contributed by atoms with Gasteiger partial charge in [0, 0.05) is 7.05 Å². The lowest BCUT2D eigenvalue weighted by Gasteiger charge is -1.95. The molecule has 0 heterocycles. The van der Waals surface area contributed by atoms with Gasteiger partial charge in [0.1, 0.15) is 0 Å². The number of hydrogen-bond donors (Lipinski definition) is 1. The predicted molar refractivity (Wildman–Crippen MR) is 42.3 cm³/mol. The smallest absolute Gasteiger partial charge is 0.163 e. The molecule has 0 atom stereocenters. The van der Waals surface area contributed by atoms with E-state index >= 15 is 0 Å². The first-order valence-electron chi connectivity index (χ1n) is 3.46. The van der Waals surface area contributed by atoms with Gasteiger partial charge in [-0.3, -0.25) is 9.79 Å². The highest BCUT2D eigenvalue weighted by molar-refractivity contribution is 6.28. The highest BCUT2D eigenvalue weighted by Crippen LogP contribution is 1.94. The number of hydrogen-bond acceptors (Lipinski definition) is 3. The van der Waals surface area contributed by atoms with Crippen LogP contribution >= 0.6 is 0 Å². The van der Waals surface area contributed by atoms with Crippen LogP contribution in [-0.2, 0) is 4.79 Å². The van der Waals surface area contributed by atoms with E-state index in [-0.39, 0.29) is 0 Å². The van der Waals surface area contributed by atoms with Crippen molar-refractivity contribution in [3.05, 3.63) is 0 Å². The Labute approximate surface area is 61.3 Å². The summed E-state index contributed by atoms with van der Waals surface area (Å²) in [5, 5.41) is 0. The lowest BCUT2D eigenvalue weighted by Crippen LogP contribution is -2.03. The molecule has 3 heteroatoms. The number of carbonyl (C=O) groups is 1. The molecule has 0 aliphatic carbocycles. The summed E-state index contributed by atoms with van der Waals surface area (Å²) in [5.74, 6) is 0. The normalized spacial score (nSPS) is 11.6. The van der Waals surface area contributed by atoms with Gasteiger partial charge in [-0.05, 0) is 25.8 Å². The van der Waals surface area contributed by atoms with Crippen molar-refractivity contribution in [1.82, 2.24) is 0 Å². The number of unbranched alkanes of at least 4 members (excludes halogenated alkanes) is 1. The fourth-order valence-corrected chi connectivity index (χ4v) is 0.674. The van der Waals surface area contributed by atoms with Gasteiger partial charge in [0.15, 0.2) is 6.29 Å². The number of aliphatic imine (C=N–C) groups is 1. The molecule has 0 radical (unpaired) electrons. The first-order chi connectivity index (χ1) is 4.85. The number of carbonyl (C=O) groups excluding carboxylic acids is 1. The third kappa shape index (κ3) is 4.21. The molecule has 0 rings (SSSR count). The van der Waals surface area contributed by atoms with Crippen molar-refractivity contribution in [1.29, 1.82) is 0 Å². The van der Waals surface area contributed by atoms with Crippen molar-refractivity contribution in [2.24, 2.45) is 10.7 Å². The number of nitrogens with two attached hydrogens (primary N) is 1. The molecule has 0 aromatic rings.